The number of hydrogen-bond donors (Lipinski definition) is 1. The largest absolute Gasteiger partial charge is 0.444 e. The number of amides is 1. The van der Waals surface area contributed by atoms with Crippen molar-refractivity contribution >= 4 is 12.3 Å². The molecule has 1 N–H and O–H groups in total. The van der Waals surface area contributed by atoms with Crippen LogP contribution < -0.4 is 0 Å². The van der Waals surface area contributed by atoms with Crippen LogP contribution in [0.2, 0.25) is 0 Å². The number of hydrogen-bond acceptors (Lipinski definition) is 4. The number of rotatable bonds is 4. The van der Waals surface area contributed by atoms with E-state index in [9.17, 15) is 4.79 Å². The van der Waals surface area contributed by atoms with Crippen LogP contribution in [0.15, 0.2) is 5.16 Å². The van der Waals surface area contributed by atoms with Crippen LogP contribution >= 0.6 is 0 Å². The van der Waals surface area contributed by atoms with Crippen LogP contribution in [0.5, 0.6) is 0 Å². The van der Waals surface area contributed by atoms with Gasteiger partial charge in [-0.2, -0.15) is 0 Å². The van der Waals surface area contributed by atoms with Crippen LogP contribution in [-0.4, -0.2) is 41.1 Å². The second kappa shape index (κ2) is 6.72. The molecular formula is C11H18N2O3. The Morgan fingerprint density at radius 3 is 2.69 bits per heavy atom. The molecule has 0 saturated heterocycles. The fourth-order valence-corrected chi connectivity index (χ4v) is 0.943. The second-order valence-electron chi connectivity index (χ2n) is 4.19. The Kier molecular flexibility index (Phi) is 6.01. The molecule has 5 heteroatoms. The van der Waals surface area contributed by atoms with Gasteiger partial charge in [0.1, 0.15) is 5.60 Å². The molecule has 0 aromatic carbocycles. The Morgan fingerprint density at radius 1 is 1.62 bits per heavy atom. The maximum atomic E-state index is 11.6. The molecular weight excluding hydrogens is 208 g/mol. The normalized spacial score (nSPS) is 11.1. The number of oxime groups is 1. The molecule has 0 radical (unpaired) electrons. The predicted molar refractivity (Wildman–Crippen MR) is 61.5 cm³/mol. The van der Waals surface area contributed by atoms with Crippen molar-refractivity contribution in [2.75, 3.05) is 13.1 Å². The molecule has 5 nitrogen and oxygen atoms in total. The van der Waals surface area contributed by atoms with Crippen molar-refractivity contribution < 1.29 is 14.7 Å². The summed E-state index contributed by atoms with van der Waals surface area (Å²) in [6.07, 6.45) is 6.42. The maximum absolute atomic E-state index is 11.6. The van der Waals surface area contributed by atoms with Gasteiger partial charge in [0.05, 0.1) is 6.54 Å². The summed E-state index contributed by atoms with van der Waals surface area (Å²) in [5.41, 5.74) is -0.547. The molecule has 1 amide bonds. The SMILES string of the molecule is C#CCN(CC/C=N\O)C(=O)OC(C)(C)C. The fourth-order valence-electron chi connectivity index (χ4n) is 0.943. The van der Waals surface area contributed by atoms with E-state index in [-0.39, 0.29) is 6.54 Å². The highest BCUT2D eigenvalue weighted by atomic mass is 16.6. The standard InChI is InChI=1S/C11H18N2O3/c1-5-8-13(9-6-7-12-15)10(14)16-11(2,3)4/h1,7,15H,6,8-9H2,2-4H3/b12-7-. The van der Waals surface area contributed by atoms with Gasteiger partial charge in [-0.15, -0.1) is 11.6 Å². The quantitative estimate of drug-likeness (QED) is 0.343. The molecule has 0 aromatic rings. The molecule has 0 atom stereocenters. The van der Waals surface area contributed by atoms with E-state index in [4.69, 9.17) is 16.4 Å². The molecule has 0 bridgehead atoms. The third-order valence-corrected chi connectivity index (χ3v) is 1.54. The third-order valence-electron chi connectivity index (χ3n) is 1.54. The minimum absolute atomic E-state index is 0.175. The van der Waals surface area contributed by atoms with E-state index in [0.29, 0.717) is 13.0 Å². The molecule has 0 heterocycles. The highest BCUT2D eigenvalue weighted by Crippen LogP contribution is 2.09. The monoisotopic (exact) mass is 226 g/mol. The number of terminal acetylenes is 1. The maximum Gasteiger partial charge on any atom is 0.411 e. The van der Waals surface area contributed by atoms with Crippen LogP contribution in [0.25, 0.3) is 0 Å². The number of nitrogens with zero attached hydrogens (tertiary/aromatic N) is 2. The van der Waals surface area contributed by atoms with Crippen LogP contribution in [-0.2, 0) is 4.74 Å². The van der Waals surface area contributed by atoms with Crippen molar-refractivity contribution in [3.8, 4) is 12.3 Å². The first-order valence-corrected chi connectivity index (χ1v) is 4.98. The van der Waals surface area contributed by atoms with Crippen molar-refractivity contribution in [2.24, 2.45) is 5.16 Å². The summed E-state index contributed by atoms with van der Waals surface area (Å²) >= 11 is 0. The van der Waals surface area contributed by atoms with Crippen molar-refractivity contribution in [3.63, 3.8) is 0 Å². The molecule has 0 unspecified atom stereocenters. The lowest BCUT2D eigenvalue weighted by molar-refractivity contribution is 0.0280. The van der Waals surface area contributed by atoms with E-state index in [1.807, 2.05) is 0 Å². The lowest BCUT2D eigenvalue weighted by atomic mass is 10.2. The van der Waals surface area contributed by atoms with Crippen molar-refractivity contribution in [1.82, 2.24) is 4.90 Å². The van der Waals surface area contributed by atoms with Crippen LogP contribution in [0.1, 0.15) is 27.2 Å². The lowest BCUT2D eigenvalue weighted by Crippen LogP contribution is -2.37. The topological polar surface area (TPSA) is 62.1 Å². The summed E-state index contributed by atoms with van der Waals surface area (Å²) in [4.78, 5) is 13.0. The highest BCUT2D eigenvalue weighted by Gasteiger charge is 2.20. The van der Waals surface area contributed by atoms with Gasteiger partial charge >= 0.3 is 6.09 Å². The Morgan fingerprint density at radius 2 is 2.25 bits per heavy atom. The van der Waals surface area contributed by atoms with Gasteiger partial charge in [0.2, 0.25) is 0 Å². The predicted octanol–water partition coefficient (Wildman–Crippen LogP) is 1.71. The van der Waals surface area contributed by atoms with Crippen LogP contribution in [0.4, 0.5) is 4.79 Å². The summed E-state index contributed by atoms with van der Waals surface area (Å²) in [5, 5.41) is 11.1. The molecule has 0 aliphatic heterocycles. The molecule has 0 saturated carbocycles. The Hall–Kier alpha value is -1.70. The number of ether oxygens (including phenoxy) is 1. The minimum Gasteiger partial charge on any atom is -0.444 e. The minimum atomic E-state index is -0.547. The average molecular weight is 226 g/mol. The summed E-state index contributed by atoms with van der Waals surface area (Å²) in [6.45, 7) is 5.90. The molecule has 0 rings (SSSR count). The number of carbonyl (C=O) groups is 1. The summed E-state index contributed by atoms with van der Waals surface area (Å²) in [6, 6.07) is 0. The molecule has 16 heavy (non-hydrogen) atoms. The van der Waals surface area contributed by atoms with Gasteiger partial charge < -0.3 is 9.94 Å². The second-order valence-corrected chi connectivity index (χ2v) is 4.19. The Bertz CT molecular complexity index is 287. The Balaban J connectivity index is 4.30. The first kappa shape index (κ1) is 14.3. The fraction of sp³-hybridized carbons (Fsp3) is 0.636. The molecule has 90 valence electrons. The molecule has 0 aromatic heterocycles. The van der Waals surface area contributed by atoms with Crippen LogP contribution in [0.3, 0.4) is 0 Å². The first-order chi connectivity index (χ1) is 7.40. The molecule has 0 aliphatic rings. The zero-order chi connectivity index (χ0) is 12.6. The van der Waals surface area contributed by atoms with Crippen LogP contribution in [0, 0.1) is 12.3 Å². The average Bonchev–Trinajstić information content (AvgIpc) is 2.14. The van der Waals surface area contributed by atoms with E-state index >= 15 is 0 Å². The molecule has 0 spiro atoms. The summed E-state index contributed by atoms with van der Waals surface area (Å²) in [7, 11) is 0. The highest BCUT2D eigenvalue weighted by molar-refractivity contribution is 5.69. The van der Waals surface area contributed by atoms with E-state index in [1.165, 1.54) is 11.1 Å². The van der Waals surface area contributed by atoms with Gasteiger partial charge in [0.25, 0.3) is 0 Å². The first-order valence-electron chi connectivity index (χ1n) is 4.98. The van der Waals surface area contributed by atoms with Gasteiger partial charge in [0.15, 0.2) is 0 Å². The van der Waals surface area contributed by atoms with E-state index in [1.54, 1.807) is 20.8 Å². The zero-order valence-corrected chi connectivity index (χ0v) is 9.93. The lowest BCUT2D eigenvalue weighted by Gasteiger charge is -2.25. The van der Waals surface area contributed by atoms with E-state index < -0.39 is 11.7 Å². The van der Waals surface area contributed by atoms with Crippen molar-refractivity contribution in [1.29, 1.82) is 0 Å². The van der Waals surface area contributed by atoms with Gasteiger partial charge in [0, 0.05) is 19.2 Å². The van der Waals surface area contributed by atoms with Crippen molar-refractivity contribution in [2.45, 2.75) is 32.8 Å². The molecule has 0 fully saturated rings. The zero-order valence-electron chi connectivity index (χ0n) is 9.93. The van der Waals surface area contributed by atoms with Gasteiger partial charge in [-0.25, -0.2) is 4.79 Å². The van der Waals surface area contributed by atoms with Crippen molar-refractivity contribution in [3.05, 3.63) is 0 Å². The Labute approximate surface area is 96.1 Å². The van der Waals surface area contributed by atoms with Gasteiger partial charge in [-0.3, -0.25) is 4.90 Å². The van der Waals surface area contributed by atoms with E-state index in [0.717, 1.165) is 0 Å². The summed E-state index contributed by atoms with van der Waals surface area (Å²) < 4.78 is 5.17. The smallest absolute Gasteiger partial charge is 0.411 e. The van der Waals surface area contributed by atoms with Gasteiger partial charge in [-0.05, 0) is 20.8 Å². The third kappa shape index (κ3) is 6.71. The summed E-state index contributed by atoms with van der Waals surface area (Å²) in [5.74, 6) is 2.38. The van der Waals surface area contributed by atoms with Gasteiger partial charge in [-0.1, -0.05) is 5.92 Å². The number of carbonyl (C=O) groups excluding carboxylic acids is 1. The van der Waals surface area contributed by atoms with E-state index in [2.05, 4.69) is 11.1 Å². The molecule has 0 aliphatic carbocycles.